The van der Waals surface area contributed by atoms with Crippen molar-refractivity contribution in [3.8, 4) is 11.4 Å². The van der Waals surface area contributed by atoms with Crippen LogP contribution in [-0.2, 0) is 31.1 Å². The summed E-state index contributed by atoms with van der Waals surface area (Å²) in [6, 6.07) is 17.5. The number of nitrogens with zero attached hydrogens (tertiary/aromatic N) is 6. The molecule has 1 saturated heterocycles. The van der Waals surface area contributed by atoms with Crippen LogP contribution in [0.3, 0.4) is 0 Å². The van der Waals surface area contributed by atoms with Gasteiger partial charge in [0.15, 0.2) is 11.6 Å². The van der Waals surface area contributed by atoms with Gasteiger partial charge >= 0.3 is 12.1 Å². The largest absolute Gasteiger partial charge is 0.443 e. The molecule has 7 amide bonds. The fraction of sp³-hybridized carbons (Fsp3) is 0.364. The fourth-order valence-corrected chi connectivity index (χ4v) is 6.97. The van der Waals surface area contributed by atoms with E-state index in [1.54, 1.807) is 75.6 Å². The zero-order valence-electron chi connectivity index (χ0n) is 35.1. The van der Waals surface area contributed by atoms with E-state index in [0.29, 0.717) is 56.7 Å². The number of hydroxylamine groups is 1. The molecule has 1 unspecified atom stereocenters. The maximum Gasteiger partial charge on any atom is 0.424 e. The SMILES string of the molecule is CCCCC(=O)N(Oc1ccc2c(c1)ncn2-c1ccc(NC(=O)Nc2cc(C(C)(C)C)on2)cc1)c1ccc2c(c1)CN(C1CCC(=O)N(C(=O)OC(C)(C)C)C1=O)C2=O. The highest BCUT2D eigenvalue weighted by molar-refractivity contribution is 6.13. The van der Waals surface area contributed by atoms with E-state index < -0.39 is 41.5 Å². The third kappa shape index (κ3) is 9.10. The van der Waals surface area contributed by atoms with Crippen LogP contribution in [0.2, 0.25) is 0 Å². The summed E-state index contributed by atoms with van der Waals surface area (Å²) in [6.07, 6.45) is 2.12. The Labute approximate surface area is 351 Å². The molecule has 61 heavy (non-hydrogen) atoms. The molecule has 2 N–H and O–H groups in total. The van der Waals surface area contributed by atoms with Crippen molar-refractivity contribution in [1.82, 2.24) is 24.5 Å². The van der Waals surface area contributed by atoms with Crippen molar-refractivity contribution < 1.29 is 42.9 Å². The normalized spacial score (nSPS) is 15.5. The van der Waals surface area contributed by atoms with Gasteiger partial charge < -0.3 is 24.3 Å². The monoisotopic (exact) mass is 832 g/mol. The topological polar surface area (TPSA) is 199 Å². The van der Waals surface area contributed by atoms with E-state index >= 15 is 0 Å². The van der Waals surface area contributed by atoms with Gasteiger partial charge in [-0.25, -0.2) is 14.6 Å². The summed E-state index contributed by atoms with van der Waals surface area (Å²) in [4.78, 5) is 91.7. The van der Waals surface area contributed by atoms with Crippen molar-refractivity contribution in [3.63, 3.8) is 0 Å². The van der Waals surface area contributed by atoms with Crippen molar-refractivity contribution in [2.24, 2.45) is 0 Å². The molecule has 7 rings (SSSR count). The number of carbonyl (C=O) groups excluding carboxylic acids is 6. The Kier molecular flexibility index (Phi) is 11.4. The van der Waals surface area contributed by atoms with Gasteiger partial charge in [0, 0.05) is 53.9 Å². The third-order valence-electron chi connectivity index (χ3n) is 10.1. The molecule has 2 aliphatic rings. The Bertz CT molecular complexity index is 2530. The number of likely N-dealkylation sites (tertiary alicyclic amines) is 1. The first-order chi connectivity index (χ1) is 28.9. The van der Waals surface area contributed by atoms with Crippen molar-refractivity contribution in [2.75, 3.05) is 15.7 Å². The van der Waals surface area contributed by atoms with Crippen molar-refractivity contribution >= 4 is 64.0 Å². The number of amides is 7. The second kappa shape index (κ2) is 16.5. The summed E-state index contributed by atoms with van der Waals surface area (Å²) in [5.74, 6) is -0.949. The lowest BCUT2D eigenvalue weighted by molar-refractivity contribution is -0.150. The van der Waals surface area contributed by atoms with Crippen LogP contribution in [0.5, 0.6) is 5.75 Å². The molecule has 4 heterocycles. The lowest BCUT2D eigenvalue weighted by Gasteiger charge is -2.35. The molecule has 5 aromatic rings. The number of unbranched alkanes of at least 4 members (excludes halogenated alkanes) is 1. The molecule has 0 radical (unpaired) electrons. The van der Waals surface area contributed by atoms with E-state index in [2.05, 4.69) is 20.8 Å². The van der Waals surface area contributed by atoms with Crippen molar-refractivity contribution in [1.29, 1.82) is 0 Å². The number of benzene rings is 3. The van der Waals surface area contributed by atoms with Crippen LogP contribution in [0, 0.1) is 0 Å². The molecule has 0 spiro atoms. The quantitative estimate of drug-likeness (QED) is 0.103. The molecule has 1 fully saturated rings. The molecular formula is C44H48N8O9. The van der Waals surface area contributed by atoms with E-state index in [0.717, 1.165) is 17.6 Å². The van der Waals surface area contributed by atoms with Crippen LogP contribution in [0.15, 0.2) is 77.6 Å². The summed E-state index contributed by atoms with van der Waals surface area (Å²) in [7, 11) is 0. The highest BCUT2D eigenvalue weighted by Crippen LogP contribution is 2.34. The van der Waals surface area contributed by atoms with E-state index in [1.165, 1.54) is 9.96 Å². The smallest absolute Gasteiger partial charge is 0.424 e. The summed E-state index contributed by atoms with van der Waals surface area (Å²) in [6.45, 7) is 12.8. The van der Waals surface area contributed by atoms with Crippen LogP contribution in [-0.4, -0.2) is 71.9 Å². The third-order valence-corrected chi connectivity index (χ3v) is 10.1. The number of anilines is 3. The van der Waals surface area contributed by atoms with E-state index in [-0.39, 0.29) is 37.1 Å². The van der Waals surface area contributed by atoms with Gasteiger partial charge in [0.1, 0.15) is 23.7 Å². The molecular weight excluding hydrogens is 785 g/mol. The standard InChI is InChI=1S/C44H48N8O9/c1-8-9-10-38(54)52(29-15-17-31-26(21-29)24-49(39(31)55)34-19-20-37(53)51(40(34)56)42(58)59-44(5,6)7)61-30-16-18-33-32(22-30)45-25-50(33)28-13-11-27(12-14-28)46-41(57)47-36-23-35(60-48-36)43(2,3)4/h11-18,21-23,25,34H,8-10,19-20,24H2,1-7H3,(H2,46,47,48,57). The minimum absolute atomic E-state index is 0.0145. The number of hydrogen-bond donors (Lipinski definition) is 2. The summed E-state index contributed by atoms with van der Waals surface area (Å²) in [5, 5.41) is 10.6. The van der Waals surface area contributed by atoms with Crippen LogP contribution < -0.4 is 20.5 Å². The maximum atomic E-state index is 13.7. The lowest BCUT2D eigenvalue weighted by atomic mass is 9.93. The molecule has 2 aliphatic heterocycles. The Morgan fingerprint density at radius 1 is 0.934 bits per heavy atom. The van der Waals surface area contributed by atoms with Gasteiger partial charge in [0.2, 0.25) is 5.91 Å². The van der Waals surface area contributed by atoms with Crippen LogP contribution in [0.1, 0.15) is 102 Å². The van der Waals surface area contributed by atoms with Crippen molar-refractivity contribution in [3.05, 3.63) is 89.9 Å². The second-order valence-corrected chi connectivity index (χ2v) is 17.0. The predicted octanol–water partition coefficient (Wildman–Crippen LogP) is 7.88. The summed E-state index contributed by atoms with van der Waals surface area (Å²) < 4.78 is 12.5. The Morgan fingerprint density at radius 3 is 2.38 bits per heavy atom. The van der Waals surface area contributed by atoms with Gasteiger partial charge in [0.05, 0.1) is 16.7 Å². The molecule has 0 bridgehead atoms. The minimum Gasteiger partial charge on any atom is -0.443 e. The fourth-order valence-electron chi connectivity index (χ4n) is 6.97. The van der Waals surface area contributed by atoms with E-state index in [9.17, 15) is 28.8 Å². The van der Waals surface area contributed by atoms with Crippen LogP contribution in [0.4, 0.5) is 26.8 Å². The van der Waals surface area contributed by atoms with Crippen LogP contribution >= 0.6 is 0 Å². The molecule has 17 heteroatoms. The number of piperidine rings is 1. The molecule has 2 aromatic heterocycles. The highest BCUT2D eigenvalue weighted by atomic mass is 16.7. The number of urea groups is 1. The maximum absolute atomic E-state index is 13.7. The predicted molar refractivity (Wildman–Crippen MR) is 224 cm³/mol. The zero-order valence-corrected chi connectivity index (χ0v) is 35.1. The van der Waals surface area contributed by atoms with Gasteiger partial charge in [-0.15, -0.1) is 5.06 Å². The number of nitrogens with one attached hydrogen (secondary N) is 2. The number of imide groups is 3. The molecule has 318 valence electrons. The highest BCUT2D eigenvalue weighted by Gasteiger charge is 2.46. The van der Waals surface area contributed by atoms with E-state index in [4.69, 9.17) is 14.1 Å². The number of ether oxygens (including phenoxy) is 1. The molecule has 0 saturated carbocycles. The number of aromatic nitrogens is 3. The molecule has 1 atom stereocenters. The number of imidazole rings is 1. The first kappa shape index (κ1) is 42.1. The molecule has 3 aromatic carbocycles. The van der Waals surface area contributed by atoms with Crippen LogP contribution in [0.25, 0.3) is 16.7 Å². The Morgan fingerprint density at radius 2 is 1.69 bits per heavy atom. The first-order valence-corrected chi connectivity index (χ1v) is 20.1. The number of fused-ring (bicyclic) bond motifs is 2. The number of hydrogen-bond acceptors (Lipinski definition) is 11. The van der Waals surface area contributed by atoms with Gasteiger partial charge in [-0.3, -0.25) is 29.1 Å². The minimum atomic E-state index is -1.08. The van der Waals surface area contributed by atoms with Gasteiger partial charge in [-0.1, -0.05) is 39.3 Å². The Hall–Kier alpha value is -7.04. The molecule has 0 aliphatic carbocycles. The van der Waals surface area contributed by atoms with Gasteiger partial charge in [0.25, 0.3) is 17.7 Å². The van der Waals surface area contributed by atoms with E-state index in [1.807, 2.05) is 50.5 Å². The lowest BCUT2D eigenvalue weighted by Crippen LogP contribution is -2.57. The Balaban J connectivity index is 1.05. The first-order valence-electron chi connectivity index (χ1n) is 20.1. The number of rotatable bonds is 10. The zero-order chi connectivity index (χ0) is 43.8. The van der Waals surface area contributed by atoms with Crippen molar-refractivity contribution in [2.45, 2.75) is 104 Å². The number of carbonyl (C=O) groups is 6. The summed E-state index contributed by atoms with van der Waals surface area (Å²) >= 11 is 0. The second-order valence-electron chi connectivity index (χ2n) is 17.0. The van der Waals surface area contributed by atoms with Gasteiger partial charge in [-0.2, -0.15) is 4.90 Å². The van der Waals surface area contributed by atoms with Gasteiger partial charge in [-0.05, 0) is 93.8 Å². The average molecular weight is 833 g/mol. The molecule has 17 nitrogen and oxygen atoms in total. The summed E-state index contributed by atoms with van der Waals surface area (Å²) in [5.41, 5.74) is 2.75. The average Bonchev–Trinajstić information content (AvgIpc) is 3.93.